The maximum atomic E-state index is 4.24. The van der Waals surface area contributed by atoms with E-state index in [2.05, 4.69) is 20.0 Å². The zero-order valence-electron chi connectivity index (χ0n) is 9.46. The Morgan fingerprint density at radius 3 is 2.73 bits per heavy atom. The average Bonchev–Trinajstić information content (AvgIpc) is 2.21. The van der Waals surface area contributed by atoms with Crippen LogP contribution >= 0.6 is 11.9 Å². The highest BCUT2D eigenvalue weighted by Gasteiger charge is 2.03. The third-order valence-corrected chi connectivity index (χ3v) is 2.61. The number of rotatable bonds is 4. The summed E-state index contributed by atoms with van der Waals surface area (Å²) < 4.78 is 3.03. The van der Waals surface area contributed by atoms with Gasteiger partial charge in [-0.2, -0.15) is 0 Å². The molecule has 0 radical (unpaired) electrons. The van der Waals surface area contributed by atoms with Gasteiger partial charge in [0, 0.05) is 12.6 Å². The predicted molar refractivity (Wildman–Crippen MR) is 66.6 cm³/mol. The summed E-state index contributed by atoms with van der Waals surface area (Å²) in [5.74, 6) is 0.874. The third-order valence-electron chi connectivity index (χ3n) is 1.96. The van der Waals surface area contributed by atoms with Crippen molar-refractivity contribution in [2.45, 2.75) is 13.8 Å². The summed E-state index contributed by atoms with van der Waals surface area (Å²) >= 11 is 1.58. The molecule has 82 valence electrons. The summed E-state index contributed by atoms with van der Waals surface area (Å²) in [6.07, 6.45) is 3.61. The lowest BCUT2D eigenvalue weighted by Gasteiger charge is -2.06. The molecule has 0 aliphatic rings. The van der Waals surface area contributed by atoms with E-state index in [-0.39, 0.29) is 0 Å². The molecule has 1 aromatic rings. The highest BCUT2D eigenvalue weighted by atomic mass is 32.2. The SMILES string of the molecule is CNS/C(C)=C/c1ncnc(NC)c1C. The Balaban J connectivity index is 2.99. The smallest absolute Gasteiger partial charge is 0.132 e. The Morgan fingerprint density at radius 1 is 1.40 bits per heavy atom. The molecule has 4 nitrogen and oxygen atoms in total. The molecular weight excluding hydrogens is 208 g/mol. The molecule has 1 heterocycles. The Bertz CT molecular complexity index is 362. The van der Waals surface area contributed by atoms with E-state index in [1.54, 1.807) is 18.3 Å². The van der Waals surface area contributed by atoms with E-state index in [1.165, 1.54) is 4.91 Å². The first kappa shape index (κ1) is 12.0. The van der Waals surface area contributed by atoms with Gasteiger partial charge in [0.2, 0.25) is 0 Å². The lowest BCUT2D eigenvalue weighted by Crippen LogP contribution is -1.99. The second-order valence-corrected chi connectivity index (χ2v) is 4.30. The largest absolute Gasteiger partial charge is 0.373 e. The quantitative estimate of drug-likeness (QED) is 0.767. The molecule has 0 aromatic carbocycles. The molecule has 15 heavy (non-hydrogen) atoms. The first-order chi connectivity index (χ1) is 7.19. The minimum Gasteiger partial charge on any atom is -0.373 e. The number of allylic oxidation sites excluding steroid dienone is 1. The summed E-state index contributed by atoms with van der Waals surface area (Å²) in [6, 6.07) is 0. The van der Waals surface area contributed by atoms with E-state index < -0.39 is 0 Å². The van der Waals surface area contributed by atoms with Gasteiger partial charge in [0.05, 0.1) is 5.69 Å². The molecule has 5 heteroatoms. The number of hydrogen-bond donors (Lipinski definition) is 2. The van der Waals surface area contributed by atoms with Gasteiger partial charge < -0.3 is 5.32 Å². The topological polar surface area (TPSA) is 49.8 Å². The average molecular weight is 224 g/mol. The van der Waals surface area contributed by atoms with Crippen LogP contribution in [0.25, 0.3) is 6.08 Å². The van der Waals surface area contributed by atoms with Gasteiger partial charge in [-0.15, -0.1) is 0 Å². The van der Waals surface area contributed by atoms with E-state index in [9.17, 15) is 0 Å². The van der Waals surface area contributed by atoms with Crippen LogP contribution in [0.5, 0.6) is 0 Å². The molecule has 0 saturated carbocycles. The molecule has 0 aliphatic carbocycles. The summed E-state index contributed by atoms with van der Waals surface area (Å²) in [4.78, 5) is 9.55. The van der Waals surface area contributed by atoms with Gasteiger partial charge in [-0.25, -0.2) is 9.97 Å². The highest BCUT2D eigenvalue weighted by Crippen LogP contribution is 2.19. The maximum Gasteiger partial charge on any atom is 0.132 e. The van der Waals surface area contributed by atoms with Gasteiger partial charge in [-0.05, 0) is 31.9 Å². The third kappa shape index (κ3) is 3.21. The molecule has 0 fully saturated rings. The van der Waals surface area contributed by atoms with Crippen LogP contribution in [0.2, 0.25) is 0 Å². The van der Waals surface area contributed by atoms with Crippen molar-refractivity contribution in [2.75, 3.05) is 19.4 Å². The minimum absolute atomic E-state index is 0.874. The van der Waals surface area contributed by atoms with Crippen molar-refractivity contribution < 1.29 is 0 Å². The number of aromatic nitrogens is 2. The minimum atomic E-state index is 0.874. The van der Waals surface area contributed by atoms with Crippen LogP contribution in [0.3, 0.4) is 0 Å². The van der Waals surface area contributed by atoms with Gasteiger partial charge in [0.25, 0.3) is 0 Å². The molecule has 0 bridgehead atoms. The van der Waals surface area contributed by atoms with Crippen molar-refractivity contribution in [3.8, 4) is 0 Å². The second-order valence-electron chi connectivity index (χ2n) is 3.04. The van der Waals surface area contributed by atoms with E-state index in [4.69, 9.17) is 0 Å². The highest BCUT2D eigenvalue weighted by molar-refractivity contribution is 8.01. The molecule has 0 amide bonds. The van der Waals surface area contributed by atoms with Crippen LogP contribution < -0.4 is 10.0 Å². The molecule has 0 atom stereocenters. The zero-order chi connectivity index (χ0) is 11.3. The van der Waals surface area contributed by atoms with E-state index in [1.807, 2.05) is 34.0 Å². The first-order valence-corrected chi connectivity index (χ1v) is 5.52. The van der Waals surface area contributed by atoms with Crippen LogP contribution in [0.1, 0.15) is 18.2 Å². The Kier molecular flexibility index (Phi) is 4.58. The van der Waals surface area contributed by atoms with Crippen LogP contribution in [0.4, 0.5) is 5.82 Å². The van der Waals surface area contributed by atoms with Crippen LogP contribution in [-0.2, 0) is 0 Å². The summed E-state index contributed by atoms with van der Waals surface area (Å²) in [5.41, 5.74) is 2.02. The van der Waals surface area contributed by atoms with Crippen LogP contribution in [0, 0.1) is 6.92 Å². The van der Waals surface area contributed by atoms with Gasteiger partial charge in [0.15, 0.2) is 0 Å². The molecule has 0 saturated heterocycles. The molecule has 0 spiro atoms. The van der Waals surface area contributed by atoms with E-state index >= 15 is 0 Å². The van der Waals surface area contributed by atoms with Crippen molar-refractivity contribution in [1.29, 1.82) is 0 Å². The van der Waals surface area contributed by atoms with E-state index in [0.29, 0.717) is 0 Å². The monoisotopic (exact) mass is 224 g/mol. The Morgan fingerprint density at radius 2 is 2.13 bits per heavy atom. The first-order valence-electron chi connectivity index (χ1n) is 4.70. The predicted octanol–water partition coefficient (Wildman–Crippen LogP) is 2.06. The number of nitrogens with one attached hydrogen (secondary N) is 2. The van der Waals surface area contributed by atoms with Gasteiger partial charge in [-0.1, -0.05) is 11.9 Å². The fraction of sp³-hybridized carbons (Fsp3) is 0.400. The molecule has 1 aromatic heterocycles. The van der Waals surface area contributed by atoms with Crippen LogP contribution in [-0.4, -0.2) is 24.1 Å². The van der Waals surface area contributed by atoms with Crippen molar-refractivity contribution in [3.05, 3.63) is 22.5 Å². The second kappa shape index (κ2) is 5.72. The number of hydrogen-bond acceptors (Lipinski definition) is 5. The molecule has 0 aliphatic heterocycles. The van der Waals surface area contributed by atoms with Gasteiger partial charge in [0.1, 0.15) is 12.1 Å². The van der Waals surface area contributed by atoms with E-state index in [0.717, 1.165) is 17.1 Å². The maximum absolute atomic E-state index is 4.24. The van der Waals surface area contributed by atoms with Gasteiger partial charge >= 0.3 is 0 Å². The standard InChI is InChI=1S/C10H16N4S/c1-7(15-12-4)5-9-8(2)10(11-3)14-6-13-9/h5-6,12H,1-4H3,(H,11,13,14)/b7-5+. The number of nitrogens with zero attached hydrogens (tertiary/aromatic N) is 2. The number of anilines is 1. The van der Waals surface area contributed by atoms with Crippen LogP contribution in [0.15, 0.2) is 11.2 Å². The molecule has 1 rings (SSSR count). The molecule has 2 N–H and O–H groups in total. The lowest BCUT2D eigenvalue weighted by molar-refractivity contribution is 1.10. The zero-order valence-corrected chi connectivity index (χ0v) is 10.3. The molecule has 0 unspecified atom stereocenters. The summed E-state index contributed by atoms with van der Waals surface area (Å²) in [6.45, 7) is 4.05. The lowest BCUT2D eigenvalue weighted by atomic mass is 10.2. The Hall–Kier alpha value is -1.07. The fourth-order valence-corrected chi connectivity index (χ4v) is 1.74. The Labute approximate surface area is 94.7 Å². The summed E-state index contributed by atoms with van der Waals surface area (Å²) in [7, 11) is 3.76. The van der Waals surface area contributed by atoms with Crippen molar-refractivity contribution >= 4 is 23.8 Å². The fourth-order valence-electron chi connectivity index (χ4n) is 1.24. The normalized spacial score (nSPS) is 11.6. The molecular formula is C10H16N4S. The van der Waals surface area contributed by atoms with Crippen molar-refractivity contribution in [3.63, 3.8) is 0 Å². The van der Waals surface area contributed by atoms with Gasteiger partial charge in [-0.3, -0.25) is 4.72 Å². The van der Waals surface area contributed by atoms with Crippen molar-refractivity contribution in [1.82, 2.24) is 14.7 Å². The van der Waals surface area contributed by atoms with Crippen molar-refractivity contribution in [2.24, 2.45) is 0 Å². The summed E-state index contributed by atoms with van der Waals surface area (Å²) in [5, 5.41) is 3.04.